The van der Waals surface area contributed by atoms with Gasteiger partial charge in [-0.2, -0.15) is 0 Å². The first-order valence-electron chi connectivity index (χ1n) is 9.46. The molecule has 0 spiro atoms. The second kappa shape index (κ2) is 10.2. The van der Waals surface area contributed by atoms with Crippen LogP contribution in [0.25, 0.3) is 0 Å². The zero-order valence-corrected chi connectivity index (χ0v) is 16.1. The standard InChI is InChI=1S/C22H25N5O/c1-27(15-11-19-9-13-23-14-10-19)22-25-16-20(17-26-22)21(28)24-12-5-8-18-6-3-2-4-7-18/h2-4,6-7,9-10,13-14,16-17H,5,8,11-12,15H2,1H3,(H,24,28). The van der Waals surface area contributed by atoms with Crippen LogP contribution in [-0.4, -0.2) is 41.0 Å². The van der Waals surface area contributed by atoms with E-state index in [0.717, 1.165) is 25.8 Å². The number of amides is 1. The van der Waals surface area contributed by atoms with Crippen molar-refractivity contribution in [3.05, 3.63) is 83.9 Å². The van der Waals surface area contributed by atoms with E-state index in [2.05, 4.69) is 32.4 Å². The Morgan fingerprint density at radius 1 is 0.964 bits per heavy atom. The summed E-state index contributed by atoms with van der Waals surface area (Å²) in [6.07, 6.45) is 9.46. The monoisotopic (exact) mass is 375 g/mol. The highest BCUT2D eigenvalue weighted by Crippen LogP contribution is 2.07. The van der Waals surface area contributed by atoms with Gasteiger partial charge in [-0.25, -0.2) is 9.97 Å². The Hall–Kier alpha value is -3.28. The highest BCUT2D eigenvalue weighted by Gasteiger charge is 2.09. The topological polar surface area (TPSA) is 71.0 Å². The summed E-state index contributed by atoms with van der Waals surface area (Å²) in [4.78, 5) is 26.9. The Bertz CT molecular complexity index is 853. The fraction of sp³-hybridized carbons (Fsp3) is 0.273. The number of hydrogen-bond acceptors (Lipinski definition) is 5. The third-order valence-electron chi connectivity index (χ3n) is 4.50. The van der Waals surface area contributed by atoms with E-state index in [0.29, 0.717) is 18.1 Å². The molecule has 3 rings (SSSR count). The number of rotatable bonds is 9. The molecule has 0 saturated carbocycles. The predicted molar refractivity (Wildman–Crippen MR) is 110 cm³/mol. The van der Waals surface area contributed by atoms with Crippen molar-refractivity contribution in [2.45, 2.75) is 19.3 Å². The summed E-state index contributed by atoms with van der Waals surface area (Å²) in [5.74, 6) is 0.466. The lowest BCUT2D eigenvalue weighted by molar-refractivity contribution is 0.0952. The van der Waals surface area contributed by atoms with E-state index in [1.165, 1.54) is 11.1 Å². The number of likely N-dealkylation sites (N-methyl/N-ethyl adjacent to an activating group) is 1. The molecule has 0 atom stereocenters. The Kier molecular flexibility index (Phi) is 7.07. The maximum absolute atomic E-state index is 12.2. The molecule has 1 amide bonds. The summed E-state index contributed by atoms with van der Waals surface area (Å²) in [7, 11) is 1.94. The second-order valence-electron chi connectivity index (χ2n) is 6.64. The van der Waals surface area contributed by atoms with E-state index in [1.54, 1.807) is 24.8 Å². The van der Waals surface area contributed by atoms with E-state index in [-0.39, 0.29) is 5.91 Å². The van der Waals surface area contributed by atoms with E-state index in [4.69, 9.17) is 0 Å². The molecule has 28 heavy (non-hydrogen) atoms. The first-order chi connectivity index (χ1) is 13.7. The summed E-state index contributed by atoms with van der Waals surface area (Å²) in [5, 5.41) is 2.93. The molecule has 6 nitrogen and oxygen atoms in total. The van der Waals surface area contributed by atoms with Gasteiger partial charge >= 0.3 is 0 Å². The molecule has 1 N–H and O–H groups in total. The minimum atomic E-state index is -0.140. The van der Waals surface area contributed by atoms with Crippen LogP contribution in [0.1, 0.15) is 27.9 Å². The minimum absolute atomic E-state index is 0.140. The number of hydrogen-bond donors (Lipinski definition) is 1. The fourth-order valence-electron chi connectivity index (χ4n) is 2.82. The fourth-order valence-corrected chi connectivity index (χ4v) is 2.82. The highest BCUT2D eigenvalue weighted by molar-refractivity contribution is 5.93. The lowest BCUT2D eigenvalue weighted by Gasteiger charge is -2.16. The zero-order valence-electron chi connectivity index (χ0n) is 16.1. The molecule has 0 unspecified atom stereocenters. The number of anilines is 1. The van der Waals surface area contributed by atoms with Gasteiger partial charge in [-0.15, -0.1) is 0 Å². The number of aromatic nitrogens is 3. The number of aryl methyl sites for hydroxylation is 1. The van der Waals surface area contributed by atoms with Crippen LogP contribution in [0, 0.1) is 0 Å². The van der Waals surface area contributed by atoms with E-state index in [9.17, 15) is 4.79 Å². The van der Waals surface area contributed by atoms with Crippen molar-refractivity contribution < 1.29 is 4.79 Å². The Morgan fingerprint density at radius 3 is 2.36 bits per heavy atom. The minimum Gasteiger partial charge on any atom is -0.352 e. The number of carbonyl (C=O) groups is 1. The molecule has 2 heterocycles. The van der Waals surface area contributed by atoms with E-state index >= 15 is 0 Å². The third kappa shape index (κ3) is 5.87. The normalized spacial score (nSPS) is 10.5. The van der Waals surface area contributed by atoms with Gasteiger partial charge in [0.2, 0.25) is 5.95 Å². The maximum atomic E-state index is 12.2. The predicted octanol–water partition coefficient (Wildman–Crippen LogP) is 2.91. The van der Waals surface area contributed by atoms with Gasteiger partial charge in [0.25, 0.3) is 5.91 Å². The van der Waals surface area contributed by atoms with Crippen molar-refractivity contribution in [1.82, 2.24) is 20.3 Å². The first kappa shape index (κ1) is 19.5. The maximum Gasteiger partial charge on any atom is 0.254 e. The average Bonchev–Trinajstić information content (AvgIpc) is 2.76. The van der Waals surface area contributed by atoms with Gasteiger partial charge in [-0.3, -0.25) is 9.78 Å². The lowest BCUT2D eigenvalue weighted by Crippen LogP contribution is -2.26. The summed E-state index contributed by atoms with van der Waals surface area (Å²) in [6, 6.07) is 14.3. The Morgan fingerprint density at radius 2 is 1.64 bits per heavy atom. The van der Waals surface area contributed by atoms with Crippen molar-refractivity contribution in [3.63, 3.8) is 0 Å². The van der Waals surface area contributed by atoms with Crippen LogP contribution < -0.4 is 10.2 Å². The summed E-state index contributed by atoms with van der Waals surface area (Å²) in [6.45, 7) is 1.41. The molecule has 0 aliphatic rings. The highest BCUT2D eigenvalue weighted by atomic mass is 16.1. The largest absolute Gasteiger partial charge is 0.352 e. The molecule has 0 radical (unpaired) electrons. The van der Waals surface area contributed by atoms with E-state index < -0.39 is 0 Å². The number of nitrogens with zero attached hydrogens (tertiary/aromatic N) is 4. The number of carbonyl (C=O) groups excluding carboxylic acids is 1. The van der Waals surface area contributed by atoms with E-state index in [1.807, 2.05) is 42.3 Å². The van der Waals surface area contributed by atoms with Crippen molar-refractivity contribution in [2.24, 2.45) is 0 Å². The van der Waals surface area contributed by atoms with Gasteiger partial charge in [-0.1, -0.05) is 30.3 Å². The second-order valence-corrected chi connectivity index (χ2v) is 6.64. The SMILES string of the molecule is CN(CCc1ccncc1)c1ncc(C(=O)NCCCc2ccccc2)cn1. The summed E-state index contributed by atoms with van der Waals surface area (Å²) < 4.78 is 0. The summed E-state index contributed by atoms with van der Waals surface area (Å²) in [5.41, 5.74) is 2.97. The van der Waals surface area contributed by atoms with Crippen molar-refractivity contribution >= 4 is 11.9 Å². The molecule has 6 heteroatoms. The average molecular weight is 375 g/mol. The molecular weight excluding hydrogens is 350 g/mol. The van der Waals surface area contributed by atoms with Crippen LogP contribution in [0.2, 0.25) is 0 Å². The van der Waals surface area contributed by atoms with Crippen LogP contribution >= 0.6 is 0 Å². The van der Waals surface area contributed by atoms with Gasteiger partial charge in [0.05, 0.1) is 5.56 Å². The third-order valence-corrected chi connectivity index (χ3v) is 4.50. The van der Waals surface area contributed by atoms with Crippen molar-refractivity contribution in [1.29, 1.82) is 0 Å². The van der Waals surface area contributed by atoms with Crippen molar-refractivity contribution in [3.8, 4) is 0 Å². The smallest absolute Gasteiger partial charge is 0.254 e. The molecule has 144 valence electrons. The molecule has 0 fully saturated rings. The molecule has 3 aromatic rings. The molecule has 0 bridgehead atoms. The van der Waals surface area contributed by atoms with Crippen LogP contribution in [0.15, 0.2) is 67.3 Å². The van der Waals surface area contributed by atoms with Gasteiger partial charge < -0.3 is 10.2 Å². The lowest BCUT2D eigenvalue weighted by atomic mass is 10.1. The summed E-state index contributed by atoms with van der Waals surface area (Å²) >= 11 is 0. The molecule has 0 aliphatic heterocycles. The van der Waals surface area contributed by atoms with Crippen molar-refractivity contribution in [2.75, 3.05) is 25.0 Å². The molecule has 0 saturated heterocycles. The van der Waals surface area contributed by atoms with Crippen LogP contribution in [-0.2, 0) is 12.8 Å². The van der Waals surface area contributed by atoms with Gasteiger partial charge in [0.1, 0.15) is 0 Å². The zero-order chi connectivity index (χ0) is 19.6. The van der Waals surface area contributed by atoms with Crippen LogP contribution in [0.3, 0.4) is 0 Å². The number of nitrogens with one attached hydrogen (secondary N) is 1. The quantitative estimate of drug-likeness (QED) is 0.582. The number of benzene rings is 1. The van der Waals surface area contributed by atoms with Crippen LogP contribution in [0.4, 0.5) is 5.95 Å². The van der Waals surface area contributed by atoms with Gasteiger partial charge in [-0.05, 0) is 42.5 Å². The van der Waals surface area contributed by atoms with Gasteiger partial charge in [0.15, 0.2) is 0 Å². The van der Waals surface area contributed by atoms with Gasteiger partial charge in [0, 0.05) is 44.9 Å². The molecule has 2 aromatic heterocycles. The number of pyridine rings is 1. The molecule has 1 aromatic carbocycles. The van der Waals surface area contributed by atoms with Crippen LogP contribution in [0.5, 0.6) is 0 Å². The first-order valence-corrected chi connectivity index (χ1v) is 9.46. The molecular formula is C22H25N5O. The molecule has 0 aliphatic carbocycles. The Balaban J connectivity index is 1.43. The Labute approximate surface area is 165 Å².